The van der Waals surface area contributed by atoms with Crippen molar-refractivity contribution in [3.8, 4) is 11.5 Å². The molecule has 0 aliphatic carbocycles. The molecule has 0 saturated carbocycles. The summed E-state index contributed by atoms with van der Waals surface area (Å²) >= 11 is 0. The number of carbonyl (C=O) groups excluding carboxylic acids is 2. The first-order chi connectivity index (χ1) is 15.4. The summed E-state index contributed by atoms with van der Waals surface area (Å²) in [5.74, 6) is -1.22. The fourth-order valence-corrected chi connectivity index (χ4v) is 3.04. The number of rotatable bonds is 7. The van der Waals surface area contributed by atoms with Gasteiger partial charge in [0, 0.05) is 24.1 Å². The normalized spacial score (nSPS) is 15.3. The van der Waals surface area contributed by atoms with Gasteiger partial charge in [-0.1, -0.05) is 18.2 Å². The summed E-state index contributed by atoms with van der Waals surface area (Å²) in [6, 6.07) is 13.6. The lowest BCUT2D eigenvalue weighted by Gasteiger charge is -2.20. The van der Waals surface area contributed by atoms with Crippen LogP contribution in [-0.4, -0.2) is 38.8 Å². The van der Waals surface area contributed by atoms with Crippen LogP contribution in [0.5, 0.6) is 0 Å². The van der Waals surface area contributed by atoms with E-state index in [9.17, 15) is 19.7 Å². The largest absolute Gasteiger partial charge is 0.451 e. The number of aromatic nitrogens is 2. The molecule has 12 nitrogen and oxygen atoms in total. The van der Waals surface area contributed by atoms with Crippen LogP contribution in [0.1, 0.15) is 12.3 Å². The highest BCUT2D eigenvalue weighted by Gasteiger charge is 2.35. The van der Waals surface area contributed by atoms with Gasteiger partial charge in [-0.2, -0.15) is 5.10 Å². The monoisotopic (exact) mass is 436 g/mol. The number of benzene rings is 2. The molecule has 2 N–H and O–H groups in total. The third-order valence-electron chi connectivity index (χ3n) is 4.61. The molecule has 4 rings (SSSR count). The molecule has 162 valence electrons. The molecule has 0 saturated heterocycles. The van der Waals surface area contributed by atoms with E-state index in [1.165, 1.54) is 29.3 Å². The minimum atomic E-state index is -0.808. The molecule has 0 bridgehead atoms. The zero-order chi connectivity index (χ0) is 22.7. The predicted molar refractivity (Wildman–Crippen MR) is 110 cm³/mol. The van der Waals surface area contributed by atoms with Crippen molar-refractivity contribution in [1.29, 1.82) is 0 Å². The summed E-state index contributed by atoms with van der Waals surface area (Å²) < 4.78 is 10.6. The van der Waals surface area contributed by atoms with E-state index < -0.39 is 22.8 Å². The van der Waals surface area contributed by atoms with Crippen molar-refractivity contribution in [1.82, 2.24) is 10.2 Å². The van der Waals surface area contributed by atoms with E-state index in [1.54, 1.807) is 24.3 Å². The Bertz CT molecular complexity index is 1190. The number of nitrogens with two attached hydrogens (primary N) is 1. The molecule has 2 heterocycles. The molecule has 1 aliphatic heterocycles. The Morgan fingerprint density at radius 3 is 2.53 bits per heavy atom. The number of carbonyl (C=O) groups is 2. The zero-order valence-corrected chi connectivity index (χ0v) is 16.5. The Morgan fingerprint density at radius 2 is 1.88 bits per heavy atom. The number of nitro benzene ring substituents is 1. The third kappa shape index (κ3) is 4.28. The van der Waals surface area contributed by atoms with Gasteiger partial charge in [0.15, 0.2) is 6.61 Å². The number of primary amides is 1. The highest BCUT2D eigenvalue weighted by molar-refractivity contribution is 6.38. The summed E-state index contributed by atoms with van der Waals surface area (Å²) in [7, 11) is 0. The van der Waals surface area contributed by atoms with Gasteiger partial charge in [0.05, 0.1) is 10.6 Å². The van der Waals surface area contributed by atoms with Crippen LogP contribution in [0.2, 0.25) is 0 Å². The maximum Gasteiger partial charge on any atom is 0.355 e. The third-order valence-corrected chi connectivity index (χ3v) is 4.61. The molecule has 32 heavy (non-hydrogen) atoms. The summed E-state index contributed by atoms with van der Waals surface area (Å²) in [6.07, 6.45) is 0.000932. The van der Waals surface area contributed by atoms with Gasteiger partial charge in [-0.05, 0) is 24.3 Å². The molecule has 0 radical (unpaired) electrons. The van der Waals surface area contributed by atoms with Crippen LogP contribution in [0.15, 0.2) is 64.1 Å². The van der Waals surface area contributed by atoms with Crippen molar-refractivity contribution in [2.75, 3.05) is 5.01 Å². The van der Waals surface area contributed by atoms with E-state index >= 15 is 0 Å². The van der Waals surface area contributed by atoms with Crippen LogP contribution >= 0.6 is 0 Å². The molecule has 1 amide bonds. The van der Waals surface area contributed by atoms with Crippen molar-refractivity contribution in [2.24, 2.45) is 10.8 Å². The van der Waals surface area contributed by atoms with Gasteiger partial charge in [-0.15, -0.1) is 10.2 Å². The molecule has 12 heteroatoms. The van der Waals surface area contributed by atoms with Crippen LogP contribution in [0.25, 0.3) is 11.5 Å². The second kappa shape index (κ2) is 8.63. The molecule has 2 aromatic carbocycles. The quantitative estimate of drug-likeness (QED) is 0.330. The minimum Gasteiger partial charge on any atom is -0.451 e. The van der Waals surface area contributed by atoms with Gasteiger partial charge in [0.1, 0.15) is 11.8 Å². The number of non-ortho nitro benzene ring substituents is 1. The zero-order valence-electron chi connectivity index (χ0n) is 16.5. The molecular formula is C20H16N6O6. The molecule has 3 aromatic rings. The van der Waals surface area contributed by atoms with Gasteiger partial charge < -0.3 is 14.9 Å². The molecule has 1 aromatic heterocycles. The number of nitro groups is 1. The number of para-hydroxylation sites is 1. The number of esters is 1. The average molecular weight is 436 g/mol. The first kappa shape index (κ1) is 20.7. The SMILES string of the molecule is NC(=O)C1CC(C(=O)OCc2nnc(-c3ccc([N+](=O)[O-])cc3)o2)=NN1c1ccccc1. The van der Waals surface area contributed by atoms with E-state index in [4.69, 9.17) is 14.9 Å². The van der Waals surface area contributed by atoms with Crippen LogP contribution in [0.3, 0.4) is 0 Å². The smallest absolute Gasteiger partial charge is 0.355 e. The first-order valence-electron chi connectivity index (χ1n) is 9.38. The fourth-order valence-electron chi connectivity index (χ4n) is 3.04. The van der Waals surface area contributed by atoms with E-state index in [2.05, 4.69) is 15.3 Å². The molecule has 0 fully saturated rings. The van der Waals surface area contributed by atoms with E-state index in [0.29, 0.717) is 11.3 Å². The van der Waals surface area contributed by atoms with Gasteiger partial charge >= 0.3 is 5.97 Å². The molecular weight excluding hydrogens is 420 g/mol. The summed E-state index contributed by atoms with van der Waals surface area (Å²) in [6.45, 7) is -0.315. The number of hydrogen-bond acceptors (Lipinski definition) is 10. The van der Waals surface area contributed by atoms with Gasteiger partial charge in [0.2, 0.25) is 11.8 Å². The summed E-state index contributed by atoms with van der Waals surface area (Å²) in [5, 5.41) is 24.0. The van der Waals surface area contributed by atoms with E-state index in [-0.39, 0.29) is 36.2 Å². The van der Waals surface area contributed by atoms with E-state index in [1.807, 2.05) is 6.07 Å². The number of hydrazone groups is 1. The molecule has 0 spiro atoms. The second-order valence-electron chi connectivity index (χ2n) is 6.73. The lowest BCUT2D eigenvalue weighted by atomic mass is 10.1. The maximum absolute atomic E-state index is 12.5. The predicted octanol–water partition coefficient (Wildman–Crippen LogP) is 1.81. The van der Waals surface area contributed by atoms with Crippen LogP contribution in [-0.2, 0) is 20.9 Å². The number of hydrogen-bond donors (Lipinski definition) is 1. The van der Waals surface area contributed by atoms with Crippen LogP contribution < -0.4 is 10.7 Å². The number of ether oxygens (including phenoxy) is 1. The Hall–Kier alpha value is -4.61. The first-order valence-corrected chi connectivity index (χ1v) is 9.38. The standard InChI is InChI=1S/C20H16N6O6/c21-18(27)16-10-15(24-25(16)13-4-2-1-3-5-13)20(28)31-11-17-22-23-19(32-17)12-6-8-14(9-7-12)26(29)30/h1-9,16H,10-11H2,(H2,21,27). The second-order valence-corrected chi connectivity index (χ2v) is 6.73. The maximum atomic E-state index is 12.5. The molecule has 1 atom stereocenters. The molecule has 1 aliphatic rings. The Balaban J connectivity index is 1.42. The Kier molecular flexibility index (Phi) is 5.57. The van der Waals surface area contributed by atoms with Crippen molar-refractivity contribution in [3.63, 3.8) is 0 Å². The Morgan fingerprint density at radius 1 is 1.16 bits per heavy atom. The highest BCUT2D eigenvalue weighted by Crippen LogP contribution is 2.25. The molecule has 1 unspecified atom stereocenters. The van der Waals surface area contributed by atoms with Crippen molar-refractivity contribution < 1.29 is 23.7 Å². The fraction of sp³-hybridized carbons (Fsp3) is 0.150. The number of amides is 1. The highest BCUT2D eigenvalue weighted by atomic mass is 16.6. The van der Waals surface area contributed by atoms with Gasteiger partial charge in [-0.3, -0.25) is 19.9 Å². The minimum absolute atomic E-state index is 0.000932. The van der Waals surface area contributed by atoms with Crippen LogP contribution in [0, 0.1) is 10.1 Å². The lowest BCUT2D eigenvalue weighted by molar-refractivity contribution is -0.384. The Labute approximate surface area is 180 Å². The van der Waals surface area contributed by atoms with Crippen molar-refractivity contribution >= 4 is 29.0 Å². The summed E-state index contributed by atoms with van der Waals surface area (Å²) in [4.78, 5) is 34.5. The lowest BCUT2D eigenvalue weighted by Crippen LogP contribution is -2.39. The van der Waals surface area contributed by atoms with Crippen molar-refractivity contribution in [2.45, 2.75) is 19.1 Å². The average Bonchev–Trinajstić information content (AvgIpc) is 3.46. The number of nitrogens with zero attached hydrogens (tertiary/aromatic N) is 5. The topological polar surface area (TPSA) is 167 Å². The van der Waals surface area contributed by atoms with E-state index in [0.717, 1.165) is 0 Å². The van der Waals surface area contributed by atoms with Gasteiger partial charge in [-0.25, -0.2) is 4.79 Å². The number of anilines is 1. The van der Waals surface area contributed by atoms with Crippen LogP contribution in [0.4, 0.5) is 11.4 Å². The van der Waals surface area contributed by atoms with Gasteiger partial charge in [0.25, 0.3) is 11.6 Å². The summed E-state index contributed by atoms with van der Waals surface area (Å²) in [5.41, 5.74) is 6.51. The van der Waals surface area contributed by atoms with Crippen molar-refractivity contribution in [3.05, 3.63) is 70.6 Å².